The van der Waals surface area contributed by atoms with Crippen LogP contribution in [-0.2, 0) is 8.57 Å². The van der Waals surface area contributed by atoms with Gasteiger partial charge in [-0.15, -0.1) is 8.57 Å². The maximum atomic E-state index is 13.0. The lowest BCUT2D eigenvalue weighted by Gasteiger charge is -2.26. The van der Waals surface area contributed by atoms with E-state index in [9.17, 15) is 9.90 Å². The molecule has 0 unspecified atom stereocenters. The zero-order valence-electron chi connectivity index (χ0n) is 13.1. The molecule has 0 amide bonds. The predicted octanol–water partition coefficient (Wildman–Crippen LogP) is 3.59. The van der Waals surface area contributed by atoms with Gasteiger partial charge in [-0.05, 0) is 17.7 Å². The van der Waals surface area contributed by atoms with Gasteiger partial charge in [0.1, 0.15) is 0 Å². The van der Waals surface area contributed by atoms with Crippen LogP contribution in [0.1, 0.15) is 27.0 Å². The fourth-order valence-electron chi connectivity index (χ4n) is 3.24. The first-order valence-electron chi connectivity index (χ1n) is 7.75. The number of aromatic nitrogens is 1. The minimum atomic E-state index is -0.215. The van der Waals surface area contributed by atoms with Crippen LogP contribution in [0.25, 0.3) is 11.3 Å². The average molecular weight is 365 g/mol. The van der Waals surface area contributed by atoms with E-state index >= 15 is 0 Å². The Morgan fingerprint density at radius 1 is 1.00 bits per heavy atom. The molecule has 1 aliphatic heterocycles. The summed E-state index contributed by atoms with van der Waals surface area (Å²) in [6.07, 6.45) is 0. The van der Waals surface area contributed by atoms with E-state index in [4.69, 9.17) is 14.0 Å². The van der Waals surface area contributed by atoms with E-state index in [0.29, 0.717) is 33.6 Å². The van der Waals surface area contributed by atoms with Gasteiger partial charge in [-0.2, -0.15) is 0 Å². The van der Waals surface area contributed by atoms with Crippen molar-refractivity contribution in [3.05, 3.63) is 70.8 Å². The van der Waals surface area contributed by atoms with Crippen molar-refractivity contribution in [2.45, 2.75) is 0 Å². The molecule has 26 heavy (non-hydrogen) atoms. The third kappa shape index (κ3) is 2.03. The number of aromatic hydroxyl groups is 1. The summed E-state index contributed by atoms with van der Waals surface area (Å²) in [7, 11) is 0. The second kappa shape index (κ2) is 5.46. The SMILES string of the molecule is N=C1c2ccccc2C(=O)c2c(-c3ccc(N4OSO4)cc3)[nH]c(O)c21. The Morgan fingerprint density at radius 2 is 1.69 bits per heavy atom. The number of nitrogens with one attached hydrogen (secondary N) is 2. The summed E-state index contributed by atoms with van der Waals surface area (Å²) in [6.45, 7) is 0. The van der Waals surface area contributed by atoms with Crippen molar-refractivity contribution in [1.82, 2.24) is 4.98 Å². The topological polar surface area (TPSA) is 98.6 Å². The van der Waals surface area contributed by atoms with E-state index in [1.165, 1.54) is 5.23 Å². The first-order valence-corrected chi connectivity index (χ1v) is 8.42. The van der Waals surface area contributed by atoms with Gasteiger partial charge < -0.3 is 10.1 Å². The number of anilines is 1. The van der Waals surface area contributed by atoms with Crippen LogP contribution in [0.15, 0.2) is 48.5 Å². The van der Waals surface area contributed by atoms with Gasteiger partial charge in [0, 0.05) is 11.1 Å². The van der Waals surface area contributed by atoms with E-state index in [1.54, 1.807) is 48.5 Å². The number of rotatable bonds is 2. The Balaban J connectivity index is 1.64. The number of hydrogen-bond donors (Lipinski definition) is 3. The standard InChI is InChI=1S/C18H11N3O4S/c19-15-11-3-1-2-4-12(11)17(22)14-13(15)18(23)20-16(14)9-5-7-10(8-6-9)21-24-26-25-21/h1-8,19-20,23H. The molecule has 2 heterocycles. The van der Waals surface area contributed by atoms with E-state index in [1.807, 2.05) is 0 Å². The van der Waals surface area contributed by atoms with E-state index in [0.717, 1.165) is 12.3 Å². The zero-order chi connectivity index (χ0) is 17.8. The van der Waals surface area contributed by atoms with E-state index in [2.05, 4.69) is 4.98 Å². The largest absolute Gasteiger partial charge is 0.494 e. The molecular formula is C18H11N3O4S. The monoisotopic (exact) mass is 365 g/mol. The highest BCUT2D eigenvalue weighted by atomic mass is 32.2. The third-order valence-corrected chi connectivity index (χ3v) is 4.85. The number of aromatic amines is 1. The molecule has 3 N–H and O–H groups in total. The van der Waals surface area contributed by atoms with Crippen LogP contribution in [0.3, 0.4) is 0 Å². The van der Waals surface area contributed by atoms with Crippen LogP contribution in [0, 0.1) is 5.41 Å². The highest BCUT2D eigenvalue weighted by Crippen LogP contribution is 2.40. The molecule has 8 heteroatoms. The van der Waals surface area contributed by atoms with Gasteiger partial charge in [0.2, 0.25) is 12.3 Å². The predicted molar refractivity (Wildman–Crippen MR) is 95.9 cm³/mol. The molecule has 2 aromatic carbocycles. The molecule has 1 aliphatic carbocycles. The van der Waals surface area contributed by atoms with Crippen molar-refractivity contribution in [2.24, 2.45) is 0 Å². The molecule has 7 nitrogen and oxygen atoms in total. The molecule has 1 fully saturated rings. The van der Waals surface area contributed by atoms with Gasteiger partial charge in [0.25, 0.3) is 0 Å². The van der Waals surface area contributed by atoms with Crippen LogP contribution in [-0.4, -0.2) is 21.6 Å². The summed E-state index contributed by atoms with van der Waals surface area (Å²) in [5, 5.41) is 20.0. The molecule has 128 valence electrons. The van der Waals surface area contributed by atoms with Crippen molar-refractivity contribution in [3.63, 3.8) is 0 Å². The van der Waals surface area contributed by atoms with Crippen molar-refractivity contribution >= 4 is 29.5 Å². The molecule has 0 radical (unpaired) electrons. The number of nitrogens with zero attached hydrogens (tertiary/aromatic N) is 1. The summed E-state index contributed by atoms with van der Waals surface area (Å²) in [4.78, 5) is 15.9. The Hall–Kier alpha value is -3.07. The summed E-state index contributed by atoms with van der Waals surface area (Å²) in [6, 6.07) is 14.1. The van der Waals surface area contributed by atoms with Crippen molar-refractivity contribution in [3.8, 4) is 17.1 Å². The minimum absolute atomic E-state index is 0.131. The number of carbonyl (C=O) groups excluding carboxylic acids is 1. The summed E-state index contributed by atoms with van der Waals surface area (Å²) in [5.41, 5.74) is 3.54. The van der Waals surface area contributed by atoms with Crippen LogP contribution in [0.5, 0.6) is 5.88 Å². The Bertz CT molecular complexity index is 1070. The second-order valence-corrected chi connectivity index (χ2v) is 6.30. The molecular weight excluding hydrogens is 354 g/mol. The van der Waals surface area contributed by atoms with Gasteiger partial charge in [-0.25, -0.2) is 0 Å². The molecule has 1 aromatic heterocycles. The van der Waals surface area contributed by atoms with Crippen LogP contribution in [0.4, 0.5) is 5.69 Å². The van der Waals surface area contributed by atoms with Crippen LogP contribution < -0.4 is 5.23 Å². The summed E-state index contributed by atoms with van der Waals surface area (Å²) >= 11 is 0.875. The Labute approximate surface area is 152 Å². The van der Waals surface area contributed by atoms with Crippen molar-refractivity contribution in [2.75, 3.05) is 5.23 Å². The first-order chi connectivity index (χ1) is 12.6. The van der Waals surface area contributed by atoms with Gasteiger partial charge in [-0.3, -0.25) is 10.2 Å². The Morgan fingerprint density at radius 3 is 2.35 bits per heavy atom. The highest BCUT2D eigenvalue weighted by molar-refractivity contribution is 7.90. The van der Waals surface area contributed by atoms with Crippen molar-refractivity contribution < 1.29 is 18.5 Å². The number of benzene rings is 2. The number of H-pyrrole nitrogens is 1. The maximum absolute atomic E-state index is 13.0. The molecule has 0 spiro atoms. The van der Waals surface area contributed by atoms with Crippen molar-refractivity contribution in [1.29, 1.82) is 5.41 Å². The quantitative estimate of drug-likeness (QED) is 0.470. The molecule has 0 saturated carbocycles. The van der Waals surface area contributed by atoms with E-state index in [-0.39, 0.29) is 22.9 Å². The van der Waals surface area contributed by atoms with Gasteiger partial charge in [0.15, 0.2) is 11.7 Å². The Kier molecular flexibility index (Phi) is 3.20. The lowest BCUT2D eigenvalue weighted by molar-refractivity contribution is 0.0269. The fourth-order valence-corrected chi connectivity index (χ4v) is 3.53. The maximum Gasteiger partial charge on any atom is 0.217 e. The molecule has 0 bridgehead atoms. The molecule has 5 rings (SSSR count). The minimum Gasteiger partial charge on any atom is -0.494 e. The second-order valence-electron chi connectivity index (χ2n) is 5.87. The smallest absolute Gasteiger partial charge is 0.217 e. The molecule has 0 atom stereocenters. The first kappa shape index (κ1) is 15.2. The number of carbonyl (C=O) groups is 1. The molecule has 2 aliphatic rings. The third-order valence-electron chi connectivity index (χ3n) is 4.46. The lowest BCUT2D eigenvalue weighted by Crippen LogP contribution is -2.26. The summed E-state index contributed by atoms with van der Waals surface area (Å²) in [5.74, 6) is -0.397. The number of ketones is 1. The van der Waals surface area contributed by atoms with Gasteiger partial charge in [-0.1, -0.05) is 41.6 Å². The highest BCUT2D eigenvalue weighted by Gasteiger charge is 2.34. The molecule has 3 aromatic rings. The normalized spacial score (nSPS) is 15.5. The lowest BCUT2D eigenvalue weighted by atomic mass is 9.84. The molecule has 1 saturated heterocycles. The van der Waals surface area contributed by atoms with Gasteiger partial charge in [0.05, 0.1) is 28.2 Å². The van der Waals surface area contributed by atoms with Crippen LogP contribution in [0.2, 0.25) is 0 Å². The van der Waals surface area contributed by atoms with Crippen LogP contribution >= 0.6 is 12.3 Å². The summed E-state index contributed by atoms with van der Waals surface area (Å²) < 4.78 is 10.0. The number of fused-ring (bicyclic) bond motifs is 2. The number of hydrogen-bond acceptors (Lipinski definition) is 7. The fraction of sp³-hybridized carbons (Fsp3) is 0. The van der Waals surface area contributed by atoms with E-state index < -0.39 is 0 Å². The van der Waals surface area contributed by atoms with Gasteiger partial charge >= 0.3 is 0 Å². The zero-order valence-corrected chi connectivity index (χ0v) is 14.0. The average Bonchev–Trinajstić information content (AvgIpc) is 2.97.